The van der Waals surface area contributed by atoms with Crippen molar-refractivity contribution in [3.63, 3.8) is 0 Å². The van der Waals surface area contributed by atoms with Crippen molar-refractivity contribution in [2.75, 3.05) is 13.2 Å². The van der Waals surface area contributed by atoms with E-state index in [9.17, 15) is 14.4 Å². The van der Waals surface area contributed by atoms with Crippen LogP contribution in [0.1, 0.15) is 220 Å². The van der Waals surface area contributed by atoms with Gasteiger partial charge in [-0.2, -0.15) is 0 Å². The highest BCUT2D eigenvalue weighted by Gasteiger charge is 2.19. The molecule has 0 aliphatic heterocycles. The maximum Gasteiger partial charge on any atom is 0.306 e. The molecule has 1 unspecified atom stereocenters. The van der Waals surface area contributed by atoms with Gasteiger partial charge in [0.05, 0.1) is 0 Å². The van der Waals surface area contributed by atoms with E-state index in [4.69, 9.17) is 14.2 Å². The molecule has 6 heteroatoms. The largest absolute Gasteiger partial charge is 0.462 e. The van der Waals surface area contributed by atoms with E-state index in [1.165, 1.54) is 70.6 Å². The number of rotatable bonds is 44. The zero-order chi connectivity index (χ0) is 45.1. The summed E-state index contributed by atoms with van der Waals surface area (Å²) < 4.78 is 16.7. The number of esters is 3. The number of hydrogen-bond acceptors (Lipinski definition) is 6. The van der Waals surface area contributed by atoms with Crippen molar-refractivity contribution in [1.82, 2.24) is 0 Å². The lowest BCUT2D eigenvalue weighted by atomic mass is 10.1. The molecule has 0 aromatic carbocycles. The van der Waals surface area contributed by atoms with E-state index in [1.54, 1.807) is 0 Å². The van der Waals surface area contributed by atoms with E-state index in [1.807, 2.05) is 0 Å². The van der Waals surface area contributed by atoms with Crippen LogP contribution in [0, 0.1) is 0 Å². The van der Waals surface area contributed by atoms with Crippen molar-refractivity contribution in [3.05, 3.63) is 97.2 Å². The average molecular weight is 861 g/mol. The molecular formula is C56H92O6. The van der Waals surface area contributed by atoms with Crippen molar-refractivity contribution in [3.8, 4) is 0 Å². The number of ether oxygens (including phenoxy) is 3. The molecule has 0 bridgehead atoms. The van der Waals surface area contributed by atoms with E-state index >= 15 is 0 Å². The van der Waals surface area contributed by atoms with Crippen LogP contribution in [-0.2, 0) is 28.6 Å². The Morgan fingerprint density at radius 2 is 0.645 bits per heavy atom. The van der Waals surface area contributed by atoms with Crippen molar-refractivity contribution in [2.45, 2.75) is 226 Å². The minimum atomic E-state index is -0.810. The van der Waals surface area contributed by atoms with Crippen molar-refractivity contribution >= 4 is 17.9 Å². The van der Waals surface area contributed by atoms with Crippen LogP contribution in [0.5, 0.6) is 0 Å². The Kier molecular flexibility index (Phi) is 47.0. The van der Waals surface area contributed by atoms with Crippen LogP contribution in [0.3, 0.4) is 0 Å². The third-order valence-electron chi connectivity index (χ3n) is 10.3. The maximum atomic E-state index is 12.7. The van der Waals surface area contributed by atoms with E-state index in [0.717, 1.165) is 103 Å². The second-order valence-electron chi connectivity index (χ2n) is 16.3. The van der Waals surface area contributed by atoms with E-state index < -0.39 is 6.10 Å². The summed E-state index contributed by atoms with van der Waals surface area (Å²) in [6.07, 6.45) is 65.4. The fraction of sp³-hybridized carbons (Fsp3) is 0.661. The van der Waals surface area contributed by atoms with Gasteiger partial charge >= 0.3 is 17.9 Å². The first-order valence-electron chi connectivity index (χ1n) is 25.2. The number of carbonyl (C=O) groups is 3. The number of carbonyl (C=O) groups excluding carboxylic acids is 3. The first-order valence-corrected chi connectivity index (χ1v) is 25.2. The summed E-state index contributed by atoms with van der Waals surface area (Å²) in [4.78, 5) is 37.8. The van der Waals surface area contributed by atoms with Crippen LogP contribution in [0.25, 0.3) is 0 Å². The monoisotopic (exact) mass is 861 g/mol. The maximum absolute atomic E-state index is 12.7. The van der Waals surface area contributed by atoms with Crippen LogP contribution in [0.15, 0.2) is 97.2 Å². The summed E-state index contributed by atoms with van der Waals surface area (Å²) in [6.45, 7) is 6.39. The third-order valence-corrected chi connectivity index (χ3v) is 10.3. The van der Waals surface area contributed by atoms with Crippen molar-refractivity contribution in [2.24, 2.45) is 0 Å². The van der Waals surface area contributed by atoms with E-state index in [2.05, 4.69) is 118 Å². The topological polar surface area (TPSA) is 78.9 Å². The van der Waals surface area contributed by atoms with E-state index in [0.29, 0.717) is 19.3 Å². The number of allylic oxidation sites excluding steroid dienone is 16. The van der Waals surface area contributed by atoms with Crippen molar-refractivity contribution < 1.29 is 28.6 Å². The molecule has 352 valence electrons. The summed E-state index contributed by atoms with van der Waals surface area (Å²) in [5.41, 5.74) is 0. The highest BCUT2D eigenvalue weighted by Crippen LogP contribution is 2.13. The smallest absolute Gasteiger partial charge is 0.306 e. The molecule has 0 aromatic heterocycles. The number of hydrogen-bond donors (Lipinski definition) is 0. The Bertz CT molecular complexity index is 1260. The molecule has 0 saturated carbocycles. The van der Waals surface area contributed by atoms with Gasteiger partial charge in [-0.25, -0.2) is 0 Å². The highest BCUT2D eigenvalue weighted by atomic mass is 16.6. The van der Waals surface area contributed by atoms with Gasteiger partial charge in [0.15, 0.2) is 6.10 Å². The van der Waals surface area contributed by atoms with Crippen LogP contribution in [0.2, 0.25) is 0 Å². The second-order valence-corrected chi connectivity index (χ2v) is 16.3. The molecule has 62 heavy (non-hydrogen) atoms. The third kappa shape index (κ3) is 47.4. The molecular weight excluding hydrogens is 769 g/mol. The molecule has 0 radical (unpaired) electrons. The Labute approximate surface area is 381 Å². The molecule has 0 saturated heterocycles. The Morgan fingerprint density at radius 3 is 1.06 bits per heavy atom. The lowest BCUT2D eigenvalue weighted by molar-refractivity contribution is -0.167. The minimum Gasteiger partial charge on any atom is -0.462 e. The molecule has 0 N–H and O–H groups in total. The lowest BCUT2D eigenvalue weighted by Gasteiger charge is -2.18. The molecule has 6 nitrogen and oxygen atoms in total. The van der Waals surface area contributed by atoms with Crippen LogP contribution in [-0.4, -0.2) is 37.2 Å². The zero-order valence-corrected chi connectivity index (χ0v) is 40.1. The van der Waals surface area contributed by atoms with Gasteiger partial charge in [-0.15, -0.1) is 0 Å². The predicted molar refractivity (Wildman–Crippen MR) is 265 cm³/mol. The van der Waals surface area contributed by atoms with Gasteiger partial charge in [0.25, 0.3) is 0 Å². The van der Waals surface area contributed by atoms with Crippen molar-refractivity contribution in [1.29, 1.82) is 0 Å². The lowest BCUT2D eigenvalue weighted by Crippen LogP contribution is -2.30. The van der Waals surface area contributed by atoms with Gasteiger partial charge < -0.3 is 14.2 Å². The highest BCUT2D eigenvalue weighted by molar-refractivity contribution is 5.71. The molecule has 0 rings (SSSR count). The predicted octanol–water partition coefficient (Wildman–Crippen LogP) is 16.6. The van der Waals surface area contributed by atoms with Crippen LogP contribution in [0.4, 0.5) is 0 Å². The number of unbranched alkanes of at least 4 members (excludes halogenated alkanes) is 17. The summed E-state index contributed by atoms with van der Waals surface area (Å²) in [6, 6.07) is 0. The summed E-state index contributed by atoms with van der Waals surface area (Å²) in [7, 11) is 0. The van der Waals surface area contributed by atoms with Crippen LogP contribution >= 0.6 is 0 Å². The Balaban J connectivity index is 4.43. The molecule has 0 aliphatic rings. The Hall–Kier alpha value is -3.67. The molecule has 0 aliphatic carbocycles. The second kappa shape index (κ2) is 50.0. The van der Waals surface area contributed by atoms with Gasteiger partial charge in [-0.3, -0.25) is 14.4 Å². The first kappa shape index (κ1) is 58.3. The summed E-state index contributed by atoms with van der Waals surface area (Å²) in [5.74, 6) is -0.986. The summed E-state index contributed by atoms with van der Waals surface area (Å²) in [5, 5.41) is 0. The molecule has 0 spiro atoms. The molecule has 1 atom stereocenters. The quantitative estimate of drug-likeness (QED) is 0.0263. The summed E-state index contributed by atoms with van der Waals surface area (Å²) >= 11 is 0. The molecule has 0 amide bonds. The van der Waals surface area contributed by atoms with Gasteiger partial charge in [-0.1, -0.05) is 201 Å². The fourth-order valence-electron chi connectivity index (χ4n) is 6.54. The molecule has 0 aromatic rings. The van der Waals surface area contributed by atoms with Crippen LogP contribution < -0.4 is 0 Å². The normalized spacial score (nSPS) is 12.9. The Morgan fingerprint density at radius 1 is 0.339 bits per heavy atom. The SMILES string of the molecule is CC/C=C\C/C=C\C/C=C\C/C=C\C/C=C\CCCC(=O)OC(COC(=O)CCCCCCCC/C=C\C/C=C\C/C=C\CCCCC)COC(=O)CCCCCCCCCC. The molecule has 0 heterocycles. The van der Waals surface area contributed by atoms with Gasteiger partial charge in [0, 0.05) is 19.3 Å². The van der Waals surface area contributed by atoms with Gasteiger partial charge in [0.2, 0.25) is 0 Å². The van der Waals surface area contributed by atoms with Gasteiger partial charge in [0.1, 0.15) is 13.2 Å². The standard InChI is InChI=1S/C56H92O6/c1-4-7-10-13-16-19-21-23-25-27-28-30-31-33-35-37-40-43-46-49-55(58)61-52-53(51-60-54(57)48-45-42-39-18-15-12-9-6-3)62-56(59)50-47-44-41-38-36-34-32-29-26-24-22-20-17-14-11-8-5-2/h8,11,16-17,19-20,23-26,28,30,32,34,38,41,53H,4-7,9-10,12-15,18,21-22,27,29,31,33,35-37,39-40,42-52H2,1-3H3/b11-8-,19-16-,20-17-,25-23-,26-24-,30-28-,34-32-,41-38-. The zero-order valence-electron chi connectivity index (χ0n) is 40.1. The minimum absolute atomic E-state index is 0.105. The molecule has 0 fully saturated rings. The van der Waals surface area contributed by atoms with E-state index in [-0.39, 0.29) is 37.5 Å². The van der Waals surface area contributed by atoms with Gasteiger partial charge in [-0.05, 0) is 96.3 Å². The fourth-order valence-corrected chi connectivity index (χ4v) is 6.54. The first-order chi connectivity index (χ1) is 30.5. The average Bonchev–Trinajstić information content (AvgIpc) is 3.27.